The van der Waals surface area contributed by atoms with Gasteiger partial charge in [-0.1, -0.05) is 20.3 Å². The first-order valence-corrected chi connectivity index (χ1v) is 6.13. The smallest absolute Gasteiger partial charge is 0.222 e. The van der Waals surface area contributed by atoms with Crippen LogP contribution in [0.5, 0.6) is 0 Å². The summed E-state index contributed by atoms with van der Waals surface area (Å²) in [5.41, 5.74) is 0. The van der Waals surface area contributed by atoms with Crippen molar-refractivity contribution in [3.63, 3.8) is 0 Å². The molecule has 1 N–H and O–H groups in total. The van der Waals surface area contributed by atoms with Gasteiger partial charge in [0, 0.05) is 25.6 Å². The largest absolute Gasteiger partial charge is 0.339 e. The molecule has 0 aliphatic rings. The lowest BCUT2D eigenvalue weighted by molar-refractivity contribution is -0.132. The molecule has 0 aliphatic heterocycles. The second-order valence-electron chi connectivity index (χ2n) is 4.14. The highest BCUT2D eigenvalue weighted by Gasteiger charge is 2.13. The standard InChI is InChI=1S/C12H26N2O/c1-5-7-8-13-9-10-14(11(3)4)12(15)6-2/h11,13H,5-10H2,1-4H3. The van der Waals surface area contributed by atoms with Gasteiger partial charge in [0.25, 0.3) is 0 Å². The monoisotopic (exact) mass is 214 g/mol. The third-order valence-corrected chi connectivity index (χ3v) is 2.48. The molecular weight excluding hydrogens is 188 g/mol. The van der Waals surface area contributed by atoms with Crippen LogP contribution in [0.4, 0.5) is 0 Å². The predicted molar refractivity (Wildman–Crippen MR) is 64.9 cm³/mol. The average Bonchev–Trinajstić information content (AvgIpc) is 2.22. The maximum absolute atomic E-state index is 11.6. The van der Waals surface area contributed by atoms with Crippen molar-refractivity contribution in [2.75, 3.05) is 19.6 Å². The number of rotatable bonds is 8. The van der Waals surface area contributed by atoms with Crippen LogP contribution in [0, 0.1) is 0 Å². The molecule has 0 radical (unpaired) electrons. The van der Waals surface area contributed by atoms with Crippen LogP contribution in [0.1, 0.15) is 47.0 Å². The molecule has 0 atom stereocenters. The van der Waals surface area contributed by atoms with Crippen molar-refractivity contribution in [1.29, 1.82) is 0 Å². The maximum Gasteiger partial charge on any atom is 0.222 e. The highest BCUT2D eigenvalue weighted by Crippen LogP contribution is 2.00. The fraction of sp³-hybridized carbons (Fsp3) is 0.917. The molecule has 0 heterocycles. The highest BCUT2D eigenvalue weighted by molar-refractivity contribution is 5.76. The second kappa shape index (κ2) is 8.72. The van der Waals surface area contributed by atoms with Crippen LogP contribution in [-0.4, -0.2) is 36.5 Å². The van der Waals surface area contributed by atoms with Crippen molar-refractivity contribution >= 4 is 5.91 Å². The zero-order chi connectivity index (χ0) is 11.7. The Balaban J connectivity index is 3.72. The first kappa shape index (κ1) is 14.4. The molecule has 0 rings (SSSR count). The summed E-state index contributed by atoms with van der Waals surface area (Å²) in [5.74, 6) is 0.252. The maximum atomic E-state index is 11.6. The molecule has 0 bridgehead atoms. The van der Waals surface area contributed by atoms with E-state index in [0.29, 0.717) is 12.5 Å². The zero-order valence-electron chi connectivity index (χ0n) is 10.7. The molecule has 0 aromatic heterocycles. The Hall–Kier alpha value is -0.570. The summed E-state index contributed by atoms with van der Waals surface area (Å²) in [7, 11) is 0. The van der Waals surface area contributed by atoms with Gasteiger partial charge in [-0.3, -0.25) is 4.79 Å². The van der Waals surface area contributed by atoms with Crippen LogP contribution in [0.15, 0.2) is 0 Å². The van der Waals surface area contributed by atoms with Crippen LogP contribution < -0.4 is 5.32 Å². The van der Waals surface area contributed by atoms with Gasteiger partial charge < -0.3 is 10.2 Å². The number of carbonyl (C=O) groups is 1. The summed E-state index contributed by atoms with van der Waals surface area (Å²) in [6, 6.07) is 0.311. The van der Waals surface area contributed by atoms with Crippen molar-refractivity contribution in [1.82, 2.24) is 10.2 Å². The minimum atomic E-state index is 0.252. The molecule has 0 saturated carbocycles. The van der Waals surface area contributed by atoms with Gasteiger partial charge in [-0.15, -0.1) is 0 Å². The summed E-state index contributed by atoms with van der Waals surface area (Å²) in [6.45, 7) is 11.0. The minimum absolute atomic E-state index is 0.252. The molecule has 0 aromatic carbocycles. The van der Waals surface area contributed by atoms with E-state index in [-0.39, 0.29) is 5.91 Å². The van der Waals surface area contributed by atoms with E-state index >= 15 is 0 Å². The number of hydrogen-bond donors (Lipinski definition) is 1. The number of amides is 1. The summed E-state index contributed by atoms with van der Waals surface area (Å²) in [6.07, 6.45) is 3.03. The van der Waals surface area contributed by atoms with Crippen LogP contribution in [-0.2, 0) is 4.79 Å². The van der Waals surface area contributed by atoms with Gasteiger partial charge >= 0.3 is 0 Å². The molecule has 0 aliphatic carbocycles. The molecule has 3 heteroatoms. The third-order valence-electron chi connectivity index (χ3n) is 2.48. The first-order valence-electron chi connectivity index (χ1n) is 6.13. The Labute approximate surface area is 94.2 Å². The highest BCUT2D eigenvalue weighted by atomic mass is 16.2. The molecule has 15 heavy (non-hydrogen) atoms. The summed E-state index contributed by atoms with van der Waals surface area (Å²) >= 11 is 0. The second-order valence-corrected chi connectivity index (χ2v) is 4.14. The Bertz CT molecular complexity index is 169. The van der Waals surface area contributed by atoms with Crippen LogP contribution >= 0.6 is 0 Å². The van der Waals surface area contributed by atoms with E-state index in [1.807, 2.05) is 11.8 Å². The quantitative estimate of drug-likeness (QED) is 0.627. The molecule has 3 nitrogen and oxygen atoms in total. The molecular formula is C12H26N2O. The van der Waals surface area contributed by atoms with Crippen molar-refractivity contribution in [3.05, 3.63) is 0 Å². The number of unbranched alkanes of at least 4 members (excludes halogenated alkanes) is 1. The minimum Gasteiger partial charge on any atom is -0.339 e. The number of nitrogens with one attached hydrogen (secondary N) is 1. The lowest BCUT2D eigenvalue weighted by Gasteiger charge is -2.26. The van der Waals surface area contributed by atoms with Crippen LogP contribution in [0.3, 0.4) is 0 Å². The van der Waals surface area contributed by atoms with E-state index in [9.17, 15) is 4.79 Å². The number of carbonyl (C=O) groups excluding carboxylic acids is 1. The molecule has 0 spiro atoms. The Kier molecular flexibility index (Phi) is 8.38. The van der Waals surface area contributed by atoms with Crippen LogP contribution in [0.2, 0.25) is 0 Å². The molecule has 0 saturated heterocycles. The van der Waals surface area contributed by atoms with E-state index in [0.717, 1.165) is 19.6 Å². The lowest BCUT2D eigenvalue weighted by Crippen LogP contribution is -2.41. The molecule has 0 unspecified atom stereocenters. The summed E-state index contributed by atoms with van der Waals surface area (Å²) < 4.78 is 0. The molecule has 1 amide bonds. The average molecular weight is 214 g/mol. The van der Waals surface area contributed by atoms with Crippen molar-refractivity contribution in [2.45, 2.75) is 53.0 Å². The predicted octanol–water partition coefficient (Wildman–Crippen LogP) is 2.02. The van der Waals surface area contributed by atoms with E-state index < -0.39 is 0 Å². The summed E-state index contributed by atoms with van der Waals surface area (Å²) in [5, 5.41) is 3.36. The van der Waals surface area contributed by atoms with Gasteiger partial charge in [-0.05, 0) is 26.8 Å². The van der Waals surface area contributed by atoms with E-state index in [1.54, 1.807) is 0 Å². The van der Waals surface area contributed by atoms with Gasteiger partial charge in [0.1, 0.15) is 0 Å². The van der Waals surface area contributed by atoms with E-state index in [2.05, 4.69) is 26.1 Å². The first-order chi connectivity index (χ1) is 7.13. The van der Waals surface area contributed by atoms with Gasteiger partial charge in [0.15, 0.2) is 0 Å². The van der Waals surface area contributed by atoms with Gasteiger partial charge in [-0.2, -0.15) is 0 Å². The van der Waals surface area contributed by atoms with Crippen LogP contribution in [0.25, 0.3) is 0 Å². The third kappa shape index (κ3) is 6.50. The fourth-order valence-corrected chi connectivity index (χ4v) is 1.50. The summed E-state index contributed by atoms with van der Waals surface area (Å²) in [4.78, 5) is 13.5. The Morgan fingerprint density at radius 3 is 2.40 bits per heavy atom. The lowest BCUT2D eigenvalue weighted by atomic mass is 10.2. The molecule has 90 valence electrons. The van der Waals surface area contributed by atoms with E-state index in [1.165, 1.54) is 12.8 Å². The normalized spacial score (nSPS) is 10.7. The topological polar surface area (TPSA) is 32.3 Å². The Morgan fingerprint density at radius 2 is 1.93 bits per heavy atom. The number of hydrogen-bond acceptors (Lipinski definition) is 2. The fourth-order valence-electron chi connectivity index (χ4n) is 1.50. The van der Waals surface area contributed by atoms with Gasteiger partial charge in [-0.25, -0.2) is 0 Å². The number of nitrogens with zero attached hydrogens (tertiary/aromatic N) is 1. The molecule has 0 fully saturated rings. The SMILES string of the molecule is CCCCNCCN(C(=O)CC)C(C)C. The van der Waals surface area contributed by atoms with Gasteiger partial charge in [0.2, 0.25) is 5.91 Å². The van der Waals surface area contributed by atoms with Crippen molar-refractivity contribution in [3.8, 4) is 0 Å². The van der Waals surface area contributed by atoms with Crippen molar-refractivity contribution in [2.24, 2.45) is 0 Å². The zero-order valence-corrected chi connectivity index (χ0v) is 10.7. The van der Waals surface area contributed by atoms with Crippen molar-refractivity contribution < 1.29 is 4.79 Å². The molecule has 0 aromatic rings. The van der Waals surface area contributed by atoms with Gasteiger partial charge in [0.05, 0.1) is 0 Å². The Morgan fingerprint density at radius 1 is 1.27 bits per heavy atom. The van der Waals surface area contributed by atoms with E-state index in [4.69, 9.17) is 0 Å².